The summed E-state index contributed by atoms with van der Waals surface area (Å²) < 4.78 is 27.8. The van der Waals surface area contributed by atoms with Gasteiger partial charge in [-0.25, -0.2) is 13.1 Å². The lowest BCUT2D eigenvalue weighted by molar-refractivity contribution is -0.147. The minimum absolute atomic E-state index is 0.0637. The molecule has 1 atom stereocenters. The number of nitrogens with one attached hydrogen (secondary N) is 1. The molecule has 0 spiro atoms. The van der Waals surface area contributed by atoms with E-state index < -0.39 is 15.3 Å². The van der Waals surface area contributed by atoms with Crippen molar-refractivity contribution in [1.29, 1.82) is 0 Å². The molecule has 1 N–H and O–H groups in total. The zero-order valence-electron chi connectivity index (χ0n) is 15.9. The predicted molar refractivity (Wildman–Crippen MR) is 101 cm³/mol. The van der Waals surface area contributed by atoms with Gasteiger partial charge in [0.1, 0.15) is 11.3 Å². The van der Waals surface area contributed by atoms with Crippen LogP contribution in [0.15, 0.2) is 0 Å². The quantitative estimate of drug-likeness (QED) is 0.756. The molecule has 4 aliphatic rings. The van der Waals surface area contributed by atoms with E-state index in [4.69, 9.17) is 0 Å². The van der Waals surface area contributed by atoms with Crippen LogP contribution in [0.25, 0.3) is 0 Å². The highest BCUT2D eigenvalue weighted by Crippen LogP contribution is 2.31. The summed E-state index contributed by atoms with van der Waals surface area (Å²) in [6, 6.07) is -0.321. The van der Waals surface area contributed by atoms with Gasteiger partial charge in [0.05, 0.1) is 0 Å². The molecule has 152 valence electrons. The van der Waals surface area contributed by atoms with Crippen LogP contribution < -0.4 is 4.72 Å². The lowest BCUT2D eigenvalue weighted by Gasteiger charge is -2.41. The number of hydrogen-bond acceptors (Lipinski definition) is 4. The summed E-state index contributed by atoms with van der Waals surface area (Å²) in [6.45, 7) is 1.16. The molecule has 8 heteroatoms. The van der Waals surface area contributed by atoms with Crippen LogP contribution in [-0.4, -0.2) is 67.0 Å². The molecule has 2 amide bonds. The van der Waals surface area contributed by atoms with Crippen LogP contribution in [0, 0.1) is 5.92 Å². The van der Waals surface area contributed by atoms with E-state index in [1.807, 2.05) is 0 Å². The average molecular weight is 398 g/mol. The molecule has 0 bridgehead atoms. The molecule has 0 aromatic heterocycles. The topological polar surface area (TPSA) is 86.8 Å². The largest absolute Gasteiger partial charge is 0.338 e. The number of amides is 2. The molecule has 7 nitrogen and oxygen atoms in total. The normalized spacial score (nSPS) is 28.1. The standard InChI is InChI=1S/C19H31N3O4S/c23-18(14-6-1-2-7-14)22-11-5-10-17(22)19(24)21-12-16(13-21)27(25,26)20-15-8-3-4-9-15/h14-17,20H,1-13H2. The number of rotatable bonds is 5. The van der Waals surface area contributed by atoms with Crippen LogP contribution in [0.1, 0.15) is 64.2 Å². The van der Waals surface area contributed by atoms with Crippen LogP contribution in [0.3, 0.4) is 0 Å². The zero-order valence-corrected chi connectivity index (χ0v) is 16.8. The van der Waals surface area contributed by atoms with E-state index in [0.29, 0.717) is 13.0 Å². The number of hydrogen-bond donors (Lipinski definition) is 1. The van der Waals surface area contributed by atoms with Crippen LogP contribution in [-0.2, 0) is 19.6 Å². The van der Waals surface area contributed by atoms with Crippen molar-refractivity contribution in [2.75, 3.05) is 19.6 Å². The van der Waals surface area contributed by atoms with E-state index in [9.17, 15) is 18.0 Å². The first kappa shape index (κ1) is 19.2. The average Bonchev–Trinajstić information content (AvgIpc) is 3.33. The molecular formula is C19H31N3O4S. The lowest BCUT2D eigenvalue weighted by Crippen LogP contribution is -2.63. The summed E-state index contributed by atoms with van der Waals surface area (Å²) in [4.78, 5) is 29.1. The van der Waals surface area contributed by atoms with Gasteiger partial charge < -0.3 is 9.80 Å². The van der Waals surface area contributed by atoms with Crippen molar-refractivity contribution in [1.82, 2.24) is 14.5 Å². The molecule has 27 heavy (non-hydrogen) atoms. The predicted octanol–water partition coefficient (Wildman–Crippen LogP) is 1.24. The molecule has 0 aromatic carbocycles. The number of sulfonamides is 1. The second kappa shape index (κ2) is 7.70. The van der Waals surface area contributed by atoms with E-state index in [0.717, 1.165) is 57.8 Å². The Bertz CT molecular complexity index is 677. The van der Waals surface area contributed by atoms with Gasteiger partial charge in [-0.05, 0) is 38.5 Å². The highest BCUT2D eigenvalue weighted by atomic mass is 32.2. The lowest BCUT2D eigenvalue weighted by atomic mass is 10.0. The van der Waals surface area contributed by atoms with E-state index in [2.05, 4.69) is 4.72 Å². The van der Waals surface area contributed by atoms with Crippen molar-refractivity contribution in [3.63, 3.8) is 0 Å². The maximum absolute atomic E-state index is 12.9. The van der Waals surface area contributed by atoms with Crippen molar-refractivity contribution in [3.05, 3.63) is 0 Å². The van der Waals surface area contributed by atoms with E-state index in [-0.39, 0.29) is 42.9 Å². The number of carbonyl (C=O) groups is 2. The summed E-state index contributed by atoms with van der Waals surface area (Å²) >= 11 is 0. The highest BCUT2D eigenvalue weighted by Gasteiger charge is 2.46. The van der Waals surface area contributed by atoms with Crippen molar-refractivity contribution < 1.29 is 18.0 Å². The molecule has 0 aromatic rings. The third-order valence-corrected chi connectivity index (χ3v) is 8.65. The van der Waals surface area contributed by atoms with Crippen molar-refractivity contribution in [2.24, 2.45) is 5.92 Å². The van der Waals surface area contributed by atoms with Crippen LogP contribution >= 0.6 is 0 Å². The van der Waals surface area contributed by atoms with Crippen LogP contribution in [0.4, 0.5) is 0 Å². The first-order valence-corrected chi connectivity index (χ1v) is 12.1. The summed E-state index contributed by atoms with van der Waals surface area (Å²) in [5.41, 5.74) is 0. The fourth-order valence-electron chi connectivity index (χ4n) is 5.09. The smallest absolute Gasteiger partial charge is 0.245 e. The minimum atomic E-state index is -3.36. The van der Waals surface area contributed by atoms with Gasteiger partial charge in [-0.15, -0.1) is 0 Å². The van der Waals surface area contributed by atoms with Crippen molar-refractivity contribution in [2.45, 2.75) is 81.5 Å². The molecular weight excluding hydrogens is 366 g/mol. The van der Waals surface area contributed by atoms with E-state index >= 15 is 0 Å². The Hall–Kier alpha value is -1.15. The molecule has 2 saturated heterocycles. The Balaban J connectivity index is 1.32. The maximum atomic E-state index is 12.9. The minimum Gasteiger partial charge on any atom is -0.338 e. The van der Waals surface area contributed by atoms with Gasteiger partial charge in [-0.2, -0.15) is 0 Å². The molecule has 2 heterocycles. The molecule has 0 radical (unpaired) electrons. The third kappa shape index (κ3) is 3.88. The van der Waals surface area contributed by atoms with E-state index in [1.165, 1.54) is 0 Å². The SMILES string of the molecule is O=C(C1CCCN1C(=O)C1CCCC1)N1CC(S(=O)(=O)NC2CCCC2)C1. The van der Waals surface area contributed by atoms with Gasteiger partial charge in [0, 0.05) is 31.6 Å². The van der Waals surface area contributed by atoms with Crippen molar-refractivity contribution >= 4 is 21.8 Å². The number of nitrogens with zero attached hydrogens (tertiary/aromatic N) is 2. The first-order chi connectivity index (χ1) is 13.0. The Morgan fingerprint density at radius 2 is 1.44 bits per heavy atom. The second-order valence-electron chi connectivity index (χ2n) is 8.68. The van der Waals surface area contributed by atoms with Crippen LogP contribution in [0.5, 0.6) is 0 Å². The highest BCUT2D eigenvalue weighted by molar-refractivity contribution is 7.90. The first-order valence-electron chi connectivity index (χ1n) is 10.6. The number of likely N-dealkylation sites (tertiary alicyclic amines) is 2. The number of carbonyl (C=O) groups excluding carboxylic acids is 2. The second-order valence-corrected chi connectivity index (χ2v) is 10.7. The summed E-state index contributed by atoms with van der Waals surface area (Å²) in [6.07, 6.45) is 9.61. The molecule has 2 aliphatic heterocycles. The maximum Gasteiger partial charge on any atom is 0.245 e. The zero-order chi connectivity index (χ0) is 19.0. The van der Waals surface area contributed by atoms with Gasteiger partial charge in [0.15, 0.2) is 0 Å². The molecule has 4 fully saturated rings. The molecule has 4 rings (SSSR count). The summed E-state index contributed by atoms with van der Waals surface area (Å²) in [5, 5.41) is -0.512. The van der Waals surface area contributed by atoms with Crippen LogP contribution in [0.2, 0.25) is 0 Å². The van der Waals surface area contributed by atoms with Gasteiger partial charge in [0.2, 0.25) is 21.8 Å². The fraction of sp³-hybridized carbons (Fsp3) is 0.895. The monoisotopic (exact) mass is 397 g/mol. The Labute approximate surface area is 161 Å². The summed E-state index contributed by atoms with van der Waals surface area (Å²) in [7, 11) is -3.36. The third-order valence-electron chi connectivity index (χ3n) is 6.81. The molecule has 2 aliphatic carbocycles. The van der Waals surface area contributed by atoms with E-state index in [1.54, 1.807) is 9.80 Å². The fourth-order valence-corrected chi connectivity index (χ4v) is 6.74. The molecule has 2 saturated carbocycles. The Kier molecular flexibility index (Phi) is 5.47. The van der Waals surface area contributed by atoms with Crippen molar-refractivity contribution in [3.8, 4) is 0 Å². The molecule has 1 unspecified atom stereocenters. The van der Waals surface area contributed by atoms with Gasteiger partial charge in [-0.3, -0.25) is 9.59 Å². The Morgan fingerprint density at radius 3 is 2.11 bits per heavy atom. The summed E-state index contributed by atoms with van der Waals surface area (Å²) in [5.74, 6) is 0.153. The van der Waals surface area contributed by atoms with Gasteiger partial charge >= 0.3 is 0 Å². The van der Waals surface area contributed by atoms with Gasteiger partial charge in [-0.1, -0.05) is 25.7 Å². The Morgan fingerprint density at radius 1 is 0.815 bits per heavy atom. The van der Waals surface area contributed by atoms with Gasteiger partial charge in [0.25, 0.3) is 0 Å².